The number of nitrogens with zero attached hydrogens (tertiary/aromatic N) is 2. The van der Waals surface area contributed by atoms with E-state index in [0.29, 0.717) is 6.04 Å². The summed E-state index contributed by atoms with van der Waals surface area (Å²) in [7, 11) is 0. The number of hydrogen-bond acceptors (Lipinski definition) is 4. The standard InChI is InChI=1S/C18H22BrN3O/c1-14-3-2-4-15(11-14)17(22-7-9-23-10-8-22)13-21-18-6-5-16(19)12-20-18/h2-6,11-12,17H,7-10,13H2,1H3,(H,20,21). The molecule has 2 heterocycles. The van der Waals surface area contributed by atoms with Crippen LogP contribution in [0.2, 0.25) is 0 Å². The zero-order valence-corrected chi connectivity index (χ0v) is 14.9. The van der Waals surface area contributed by atoms with Crippen LogP contribution < -0.4 is 5.32 Å². The van der Waals surface area contributed by atoms with Gasteiger partial charge < -0.3 is 10.1 Å². The van der Waals surface area contributed by atoms with Crippen LogP contribution in [-0.2, 0) is 4.74 Å². The topological polar surface area (TPSA) is 37.4 Å². The molecule has 0 bridgehead atoms. The van der Waals surface area contributed by atoms with Crippen molar-refractivity contribution in [1.29, 1.82) is 0 Å². The van der Waals surface area contributed by atoms with Gasteiger partial charge in [0.1, 0.15) is 5.82 Å². The van der Waals surface area contributed by atoms with Crippen molar-refractivity contribution >= 4 is 21.7 Å². The normalized spacial score (nSPS) is 17.0. The average molecular weight is 376 g/mol. The van der Waals surface area contributed by atoms with E-state index in [0.717, 1.165) is 43.1 Å². The van der Waals surface area contributed by atoms with Crippen LogP contribution in [0, 0.1) is 6.92 Å². The first-order valence-corrected chi connectivity index (χ1v) is 8.75. The van der Waals surface area contributed by atoms with Crippen LogP contribution in [0.1, 0.15) is 17.2 Å². The fraction of sp³-hybridized carbons (Fsp3) is 0.389. The van der Waals surface area contributed by atoms with Crippen LogP contribution in [0.5, 0.6) is 0 Å². The van der Waals surface area contributed by atoms with Crippen LogP contribution in [0.25, 0.3) is 0 Å². The minimum absolute atomic E-state index is 0.323. The van der Waals surface area contributed by atoms with Crippen LogP contribution in [0.4, 0.5) is 5.82 Å². The maximum atomic E-state index is 5.51. The zero-order chi connectivity index (χ0) is 16.1. The maximum Gasteiger partial charge on any atom is 0.126 e. The van der Waals surface area contributed by atoms with E-state index in [1.165, 1.54) is 11.1 Å². The fourth-order valence-electron chi connectivity index (χ4n) is 2.91. The van der Waals surface area contributed by atoms with E-state index in [2.05, 4.69) is 62.3 Å². The summed E-state index contributed by atoms with van der Waals surface area (Å²) in [5, 5.41) is 3.47. The first-order chi connectivity index (χ1) is 11.2. The highest BCUT2D eigenvalue weighted by atomic mass is 79.9. The molecule has 2 aromatic rings. The molecule has 1 atom stereocenters. The van der Waals surface area contributed by atoms with Gasteiger partial charge in [0.05, 0.1) is 19.3 Å². The van der Waals surface area contributed by atoms with E-state index in [1.54, 1.807) is 0 Å². The minimum Gasteiger partial charge on any atom is -0.379 e. The van der Waals surface area contributed by atoms with Crippen LogP contribution >= 0.6 is 15.9 Å². The van der Waals surface area contributed by atoms with Gasteiger partial charge >= 0.3 is 0 Å². The third-order valence-corrected chi connectivity index (χ3v) is 4.59. The highest BCUT2D eigenvalue weighted by molar-refractivity contribution is 9.10. The van der Waals surface area contributed by atoms with Gasteiger partial charge in [-0.25, -0.2) is 4.98 Å². The van der Waals surface area contributed by atoms with Crippen LogP contribution in [0.15, 0.2) is 47.1 Å². The van der Waals surface area contributed by atoms with Crippen molar-refractivity contribution in [3.8, 4) is 0 Å². The Morgan fingerprint density at radius 2 is 2.09 bits per heavy atom. The molecule has 1 saturated heterocycles. The van der Waals surface area contributed by atoms with Gasteiger partial charge in [-0.05, 0) is 40.5 Å². The molecule has 3 rings (SSSR count). The lowest BCUT2D eigenvalue weighted by Gasteiger charge is -2.35. The number of benzene rings is 1. The first-order valence-electron chi connectivity index (χ1n) is 7.96. The molecular formula is C18H22BrN3O. The Bertz CT molecular complexity index is 626. The van der Waals surface area contributed by atoms with E-state index >= 15 is 0 Å². The predicted molar refractivity (Wildman–Crippen MR) is 96.7 cm³/mol. The van der Waals surface area contributed by atoms with E-state index in [4.69, 9.17) is 4.74 Å². The maximum absolute atomic E-state index is 5.51. The number of ether oxygens (including phenoxy) is 1. The molecule has 1 N–H and O–H groups in total. The second-order valence-electron chi connectivity index (χ2n) is 5.82. The number of morpholine rings is 1. The summed E-state index contributed by atoms with van der Waals surface area (Å²) in [4.78, 5) is 6.90. The van der Waals surface area contributed by atoms with Crippen LogP contribution in [0.3, 0.4) is 0 Å². The molecule has 1 aromatic heterocycles. The second-order valence-corrected chi connectivity index (χ2v) is 6.74. The molecule has 1 fully saturated rings. The zero-order valence-electron chi connectivity index (χ0n) is 13.3. The second kappa shape index (κ2) is 7.90. The fourth-order valence-corrected chi connectivity index (χ4v) is 3.14. The van der Waals surface area contributed by atoms with Crippen molar-refractivity contribution in [2.75, 3.05) is 38.2 Å². The summed E-state index contributed by atoms with van der Waals surface area (Å²) in [5.74, 6) is 0.902. The molecule has 0 spiro atoms. The molecule has 0 radical (unpaired) electrons. The van der Waals surface area contributed by atoms with Crippen molar-refractivity contribution in [3.63, 3.8) is 0 Å². The lowest BCUT2D eigenvalue weighted by molar-refractivity contribution is 0.0187. The predicted octanol–water partition coefficient (Wildman–Crippen LogP) is 3.64. The molecule has 122 valence electrons. The van der Waals surface area contributed by atoms with Gasteiger partial charge in [-0.1, -0.05) is 29.8 Å². The van der Waals surface area contributed by atoms with Gasteiger partial charge in [0, 0.05) is 30.3 Å². The summed E-state index contributed by atoms with van der Waals surface area (Å²) in [6.07, 6.45) is 1.82. The van der Waals surface area contributed by atoms with Gasteiger partial charge in [-0.2, -0.15) is 0 Å². The Morgan fingerprint density at radius 3 is 2.78 bits per heavy atom. The third-order valence-electron chi connectivity index (χ3n) is 4.12. The molecule has 4 nitrogen and oxygen atoms in total. The number of halogens is 1. The average Bonchev–Trinajstić information content (AvgIpc) is 2.58. The van der Waals surface area contributed by atoms with Crippen molar-refractivity contribution < 1.29 is 4.74 Å². The molecule has 1 aliphatic heterocycles. The van der Waals surface area contributed by atoms with E-state index < -0.39 is 0 Å². The lowest BCUT2D eigenvalue weighted by atomic mass is 10.0. The van der Waals surface area contributed by atoms with E-state index in [9.17, 15) is 0 Å². The minimum atomic E-state index is 0.323. The summed E-state index contributed by atoms with van der Waals surface area (Å²) < 4.78 is 6.50. The van der Waals surface area contributed by atoms with Crippen LogP contribution in [-0.4, -0.2) is 42.7 Å². The van der Waals surface area contributed by atoms with E-state index in [1.807, 2.05) is 18.3 Å². The highest BCUT2D eigenvalue weighted by Gasteiger charge is 2.22. The first kappa shape index (κ1) is 16.4. The van der Waals surface area contributed by atoms with Crippen molar-refractivity contribution in [3.05, 3.63) is 58.2 Å². The molecule has 0 amide bonds. The molecule has 1 unspecified atom stereocenters. The van der Waals surface area contributed by atoms with Gasteiger partial charge in [-0.3, -0.25) is 4.90 Å². The summed E-state index contributed by atoms with van der Waals surface area (Å²) >= 11 is 3.42. The van der Waals surface area contributed by atoms with Crippen molar-refractivity contribution in [1.82, 2.24) is 9.88 Å². The Kier molecular flexibility index (Phi) is 5.65. The quantitative estimate of drug-likeness (QED) is 0.865. The van der Waals surface area contributed by atoms with Gasteiger partial charge in [0.2, 0.25) is 0 Å². The van der Waals surface area contributed by atoms with Crippen molar-refractivity contribution in [2.45, 2.75) is 13.0 Å². The van der Waals surface area contributed by atoms with Gasteiger partial charge in [-0.15, -0.1) is 0 Å². The highest BCUT2D eigenvalue weighted by Crippen LogP contribution is 2.23. The number of anilines is 1. The Balaban J connectivity index is 1.75. The number of rotatable bonds is 5. The number of hydrogen-bond donors (Lipinski definition) is 1. The monoisotopic (exact) mass is 375 g/mol. The Hall–Kier alpha value is -1.43. The van der Waals surface area contributed by atoms with Gasteiger partial charge in [0.15, 0.2) is 0 Å². The number of aryl methyl sites for hydroxylation is 1. The van der Waals surface area contributed by atoms with E-state index in [-0.39, 0.29) is 0 Å². The molecular weight excluding hydrogens is 354 g/mol. The molecule has 0 aliphatic carbocycles. The number of nitrogens with one attached hydrogen (secondary N) is 1. The smallest absolute Gasteiger partial charge is 0.126 e. The molecule has 23 heavy (non-hydrogen) atoms. The number of pyridine rings is 1. The summed E-state index contributed by atoms with van der Waals surface area (Å²) in [6.45, 7) is 6.52. The van der Waals surface area contributed by atoms with Crippen molar-refractivity contribution in [2.24, 2.45) is 0 Å². The summed E-state index contributed by atoms with van der Waals surface area (Å²) in [6, 6.07) is 13.1. The molecule has 0 saturated carbocycles. The largest absolute Gasteiger partial charge is 0.379 e. The Morgan fingerprint density at radius 1 is 1.26 bits per heavy atom. The molecule has 5 heteroatoms. The Labute approximate surface area is 146 Å². The molecule has 1 aliphatic rings. The SMILES string of the molecule is Cc1cccc(C(CNc2ccc(Br)cn2)N2CCOCC2)c1. The summed E-state index contributed by atoms with van der Waals surface area (Å²) in [5.41, 5.74) is 2.64. The van der Waals surface area contributed by atoms with Gasteiger partial charge in [0.25, 0.3) is 0 Å². The third kappa shape index (κ3) is 4.53. The number of aromatic nitrogens is 1. The molecule has 1 aromatic carbocycles. The lowest BCUT2D eigenvalue weighted by Crippen LogP contribution is -2.41.